The molecule has 0 radical (unpaired) electrons. The van der Waals surface area contributed by atoms with Crippen molar-refractivity contribution in [2.24, 2.45) is 0 Å². The number of nitrogens with zero attached hydrogens (tertiary/aromatic N) is 3. The standard InChI is InChI=1S/C32H27FN6O5S/c1-18-12-20-14-27(37-26(20)16-25(18)38-45(41,42)30-15-21(43-3)10-11-35-30)31(40)23-17-36-39(32(23)34)28-9-8-22(13-19(28)2)44-29-7-5-4-6-24(29)33/h4-17,37-38H,34H2,1-3H3. The number of carbonyl (C=O) groups is 1. The molecule has 3 heterocycles. The third-order valence-electron chi connectivity index (χ3n) is 7.18. The number of carbonyl (C=O) groups excluding carboxylic acids is 1. The SMILES string of the molecule is COc1ccnc(S(=O)(=O)Nc2cc3[nH]c(C(=O)c4cnn(-c5ccc(Oc6ccccc6F)cc5C)c4N)cc3cc2C)c1. The zero-order valence-electron chi connectivity index (χ0n) is 24.3. The number of benzene rings is 3. The summed E-state index contributed by atoms with van der Waals surface area (Å²) in [6, 6.07) is 19.1. The van der Waals surface area contributed by atoms with Crippen LogP contribution >= 0.6 is 0 Å². The van der Waals surface area contributed by atoms with Crippen LogP contribution in [0, 0.1) is 19.7 Å². The fraction of sp³-hybridized carbons (Fsp3) is 0.0938. The van der Waals surface area contributed by atoms with E-state index in [2.05, 4.69) is 19.8 Å². The number of halogens is 1. The van der Waals surface area contributed by atoms with Crippen molar-refractivity contribution in [1.82, 2.24) is 19.7 Å². The number of hydrogen-bond acceptors (Lipinski definition) is 8. The number of anilines is 2. The molecule has 0 unspecified atom stereocenters. The van der Waals surface area contributed by atoms with Crippen LogP contribution in [-0.4, -0.2) is 41.1 Å². The number of hydrogen-bond donors (Lipinski definition) is 3. The molecule has 4 N–H and O–H groups in total. The van der Waals surface area contributed by atoms with Crippen molar-refractivity contribution in [2.75, 3.05) is 17.6 Å². The molecule has 0 saturated heterocycles. The summed E-state index contributed by atoms with van der Waals surface area (Å²) in [5.74, 6) is 0.135. The van der Waals surface area contributed by atoms with E-state index in [0.717, 1.165) is 5.56 Å². The highest BCUT2D eigenvalue weighted by atomic mass is 32.2. The van der Waals surface area contributed by atoms with Gasteiger partial charge in [0.2, 0.25) is 5.78 Å². The van der Waals surface area contributed by atoms with Crippen LogP contribution in [0.15, 0.2) is 90.2 Å². The number of aryl methyl sites for hydroxylation is 2. The molecule has 0 spiro atoms. The minimum Gasteiger partial charge on any atom is -0.497 e. The first-order valence-electron chi connectivity index (χ1n) is 13.6. The molecule has 45 heavy (non-hydrogen) atoms. The highest BCUT2D eigenvalue weighted by Crippen LogP contribution is 2.31. The van der Waals surface area contributed by atoms with Gasteiger partial charge in [-0.15, -0.1) is 0 Å². The lowest BCUT2D eigenvalue weighted by Gasteiger charge is -2.12. The second-order valence-electron chi connectivity index (χ2n) is 10.2. The molecule has 0 bridgehead atoms. The Morgan fingerprint density at radius 1 is 1.00 bits per heavy atom. The van der Waals surface area contributed by atoms with Crippen LogP contribution in [0.1, 0.15) is 27.2 Å². The van der Waals surface area contributed by atoms with Gasteiger partial charge in [-0.1, -0.05) is 12.1 Å². The van der Waals surface area contributed by atoms with Crippen LogP contribution in [0.4, 0.5) is 15.9 Å². The Morgan fingerprint density at radius 2 is 1.80 bits per heavy atom. The highest BCUT2D eigenvalue weighted by molar-refractivity contribution is 7.92. The summed E-state index contributed by atoms with van der Waals surface area (Å²) in [6.45, 7) is 3.57. The van der Waals surface area contributed by atoms with Crippen molar-refractivity contribution in [1.29, 1.82) is 0 Å². The van der Waals surface area contributed by atoms with E-state index in [1.54, 1.807) is 61.5 Å². The van der Waals surface area contributed by atoms with Crippen molar-refractivity contribution in [3.05, 3.63) is 113 Å². The van der Waals surface area contributed by atoms with Gasteiger partial charge in [0.15, 0.2) is 16.6 Å². The van der Waals surface area contributed by atoms with Crippen molar-refractivity contribution < 1.29 is 27.1 Å². The smallest absolute Gasteiger partial charge is 0.279 e. The maximum atomic E-state index is 14.0. The average molecular weight is 627 g/mol. The predicted molar refractivity (Wildman–Crippen MR) is 167 cm³/mol. The minimum absolute atomic E-state index is 0.100. The van der Waals surface area contributed by atoms with Gasteiger partial charge in [-0.25, -0.2) is 14.1 Å². The Balaban J connectivity index is 1.25. The first-order chi connectivity index (χ1) is 21.5. The summed E-state index contributed by atoms with van der Waals surface area (Å²) in [5, 5.41) is 4.85. The predicted octanol–water partition coefficient (Wildman–Crippen LogP) is 5.92. The fourth-order valence-corrected chi connectivity index (χ4v) is 5.93. The monoisotopic (exact) mass is 626 g/mol. The molecule has 0 amide bonds. The maximum absolute atomic E-state index is 14.0. The Bertz CT molecular complexity index is 2210. The molecule has 11 nitrogen and oxygen atoms in total. The number of methoxy groups -OCH3 is 1. The quantitative estimate of drug-likeness (QED) is 0.167. The molecule has 0 aliphatic rings. The zero-order chi connectivity index (χ0) is 31.9. The number of nitrogens with one attached hydrogen (secondary N) is 2. The zero-order valence-corrected chi connectivity index (χ0v) is 25.1. The normalized spacial score (nSPS) is 11.5. The summed E-state index contributed by atoms with van der Waals surface area (Å²) in [4.78, 5) is 20.6. The van der Waals surface area contributed by atoms with Gasteiger partial charge >= 0.3 is 0 Å². The molecule has 0 aliphatic heterocycles. The minimum atomic E-state index is -4.02. The van der Waals surface area contributed by atoms with Crippen molar-refractivity contribution in [3.63, 3.8) is 0 Å². The molecule has 6 rings (SSSR count). The van der Waals surface area contributed by atoms with Gasteiger partial charge in [-0.2, -0.15) is 13.5 Å². The third-order valence-corrected chi connectivity index (χ3v) is 8.45. The van der Waals surface area contributed by atoms with Gasteiger partial charge in [0.25, 0.3) is 10.0 Å². The summed E-state index contributed by atoms with van der Waals surface area (Å²) in [7, 11) is -2.58. The fourth-order valence-electron chi connectivity index (χ4n) is 4.84. The number of aromatic nitrogens is 4. The molecular formula is C32H27FN6O5S. The highest BCUT2D eigenvalue weighted by Gasteiger charge is 2.22. The van der Waals surface area contributed by atoms with Gasteiger partial charge in [-0.3, -0.25) is 9.52 Å². The van der Waals surface area contributed by atoms with E-state index in [1.807, 2.05) is 6.92 Å². The van der Waals surface area contributed by atoms with Crippen LogP contribution < -0.4 is 19.9 Å². The number of H-pyrrole nitrogens is 1. The average Bonchev–Trinajstić information content (AvgIpc) is 3.61. The second-order valence-corrected chi connectivity index (χ2v) is 11.9. The largest absolute Gasteiger partial charge is 0.497 e. The van der Waals surface area contributed by atoms with Gasteiger partial charge in [-0.05, 0) is 79.6 Å². The molecule has 0 saturated carbocycles. The summed E-state index contributed by atoms with van der Waals surface area (Å²) in [5.41, 5.74) is 9.66. The number of pyridine rings is 1. The van der Waals surface area contributed by atoms with E-state index in [-0.39, 0.29) is 27.9 Å². The summed E-state index contributed by atoms with van der Waals surface area (Å²) >= 11 is 0. The van der Waals surface area contributed by atoms with Gasteiger partial charge in [0, 0.05) is 23.2 Å². The second kappa shape index (κ2) is 11.4. The van der Waals surface area contributed by atoms with Crippen LogP contribution in [-0.2, 0) is 10.0 Å². The van der Waals surface area contributed by atoms with Crippen LogP contribution in [0.25, 0.3) is 16.6 Å². The van der Waals surface area contributed by atoms with Gasteiger partial charge in [0.05, 0.1) is 35.9 Å². The van der Waals surface area contributed by atoms with E-state index >= 15 is 0 Å². The molecule has 3 aromatic carbocycles. The number of nitrogens with two attached hydrogens (primary N) is 1. The van der Waals surface area contributed by atoms with Crippen molar-refractivity contribution >= 4 is 38.2 Å². The molecular weight excluding hydrogens is 599 g/mol. The first-order valence-corrected chi connectivity index (χ1v) is 15.1. The molecule has 228 valence electrons. The van der Waals surface area contributed by atoms with E-state index in [1.165, 1.54) is 42.4 Å². The molecule has 0 atom stereocenters. The lowest BCUT2D eigenvalue weighted by Crippen LogP contribution is -2.15. The van der Waals surface area contributed by atoms with Gasteiger partial charge < -0.3 is 20.2 Å². The van der Waals surface area contributed by atoms with E-state index in [4.69, 9.17) is 15.2 Å². The molecule has 13 heteroatoms. The van der Waals surface area contributed by atoms with E-state index in [0.29, 0.717) is 39.3 Å². The van der Waals surface area contributed by atoms with E-state index < -0.39 is 21.6 Å². The Morgan fingerprint density at radius 3 is 2.56 bits per heavy atom. The Kier molecular flexibility index (Phi) is 7.46. The molecule has 6 aromatic rings. The lowest BCUT2D eigenvalue weighted by atomic mass is 10.1. The number of sulfonamides is 1. The van der Waals surface area contributed by atoms with Crippen LogP contribution in [0.3, 0.4) is 0 Å². The number of para-hydroxylation sites is 1. The lowest BCUT2D eigenvalue weighted by molar-refractivity contribution is 0.103. The third kappa shape index (κ3) is 5.68. The number of aromatic amines is 1. The Hall–Kier alpha value is -5.69. The maximum Gasteiger partial charge on any atom is 0.279 e. The molecule has 0 fully saturated rings. The topological polar surface area (TPSA) is 154 Å². The van der Waals surface area contributed by atoms with Crippen molar-refractivity contribution in [3.8, 4) is 22.9 Å². The van der Waals surface area contributed by atoms with Crippen LogP contribution in [0.5, 0.6) is 17.2 Å². The first kappa shape index (κ1) is 29.4. The summed E-state index contributed by atoms with van der Waals surface area (Å²) in [6.07, 6.45) is 2.73. The number of rotatable bonds is 9. The number of ketones is 1. The Labute approximate surface area is 257 Å². The van der Waals surface area contributed by atoms with Crippen LogP contribution in [0.2, 0.25) is 0 Å². The molecule has 0 aliphatic carbocycles. The molecule has 3 aromatic heterocycles. The number of ether oxygens (including phenoxy) is 2. The van der Waals surface area contributed by atoms with Gasteiger partial charge in [0.1, 0.15) is 17.3 Å². The van der Waals surface area contributed by atoms with E-state index in [9.17, 15) is 17.6 Å². The number of fused-ring (bicyclic) bond motifs is 1. The number of nitrogen functional groups attached to an aromatic ring is 1. The van der Waals surface area contributed by atoms with Crippen molar-refractivity contribution in [2.45, 2.75) is 18.9 Å². The summed E-state index contributed by atoms with van der Waals surface area (Å²) < 4.78 is 54.8.